The summed E-state index contributed by atoms with van der Waals surface area (Å²) >= 11 is 3.32. The van der Waals surface area contributed by atoms with Gasteiger partial charge in [-0.15, -0.1) is 0 Å². The Balaban J connectivity index is 2.63. The summed E-state index contributed by atoms with van der Waals surface area (Å²) in [5.74, 6) is 0.749. The van der Waals surface area contributed by atoms with Crippen molar-refractivity contribution in [3.05, 3.63) is 24.3 Å². The largest absolute Gasteiger partial charge is 0.491 e. The normalized spacial score (nSPS) is 12.9. The van der Waals surface area contributed by atoms with Gasteiger partial charge < -0.3 is 10.1 Å². The first-order valence-electron chi connectivity index (χ1n) is 6.10. The van der Waals surface area contributed by atoms with Gasteiger partial charge in [0.2, 0.25) is 5.91 Å². The van der Waals surface area contributed by atoms with Crippen LogP contribution < -0.4 is 10.1 Å². The van der Waals surface area contributed by atoms with Gasteiger partial charge in [-0.3, -0.25) is 4.79 Å². The second-order valence-corrected chi connectivity index (χ2v) is 6.77. The molecule has 3 nitrogen and oxygen atoms in total. The van der Waals surface area contributed by atoms with E-state index in [4.69, 9.17) is 4.74 Å². The molecule has 1 aromatic rings. The zero-order chi connectivity index (χ0) is 13.8. The molecule has 0 spiro atoms. The van der Waals surface area contributed by atoms with Crippen LogP contribution in [0, 0.1) is 0 Å². The second-order valence-electron chi connectivity index (χ2n) is 4.79. The molecule has 4 heteroatoms. The fourth-order valence-electron chi connectivity index (χ4n) is 1.21. The average molecular weight is 314 g/mol. The lowest BCUT2D eigenvalue weighted by atomic mass is 10.2. The summed E-state index contributed by atoms with van der Waals surface area (Å²) in [6.45, 7) is 7.73. The van der Waals surface area contributed by atoms with E-state index in [0.717, 1.165) is 17.9 Å². The number of carbonyl (C=O) groups excluding carboxylic acids is 1. The molecule has 1 N–H and O–H groups in total. The van der Waals surface area contributed by atoms with Gasteiger partial charge in [0.25, 0.3) is 0 Å². The first-order valence-corrected chi connectivity index (χ1v) is 6.89. The standard InChI is InChI=1S/C14H20BrNO2/c1-5-10(2)18-12-8-6-11(7-9-12)16-13(17)14(3,4)15/h6-10H,5H2,1-4H3,(H,16,17)/t10-/m1/s1. The van der Waals surface area contributed by atoms with Gasteiger partial charge in [0.15, 0.2) is 0 Å². The van der Waals surface area contributed by atoms with Crippen molar-refractivity contribution < 1.29 is 9.53 Å². The molecule has 18 heavy (non-hydrogen) atoms. The Kier molecular flexibility index (Phi) is 5.20. The summed E-state index contributed by atoms with van der Waals surface area (Å²) in [4.78, 5) is 11.8. The van der Waals surface area contributed by atoms with Gasteiger partial charge in [0.05, 0.1) is 10.4 Å². The molecule has 1 rings (SSSR count). The van der Waals surface area contributed by atoms with Crippen molar-refractivity contribution in [3.63, 3.8) is 0 Å². The molecular formula is C14H20BrNO2. The van der Waals surface area contributed by atoms with Crippen LogP contribution in [0.2, 0.25) is 0 Å². The van der Waals surface area contributed by atoms with Gasteiger partial charge in [0.1, 0.15) is 5.75 Å². The van der Waals surface area contributed by atoms with Gasteiger partial charge in [-0.05, 0) is 51.5 Å². The number of halogens is 1. The van der Waals surface area contributed by atoms with Crippen LogP contribution >= 0.6 is 15.9 Å². The zero-order valence-electron chi connectivity index (χ0n) is 11.3. The number of rotatable bonds is 5. The third-order valence-electron chi connectivity index (χ3n) is 2.56. The van der Waals surface area contributed by atoms with E-state index in [1.807, 2.05) is 45.0 Å². The Morgan fingerprint density at radius 3 is 2.39 bits per heavy atom. The molecule has 0 heterocycles. The summed E-state index contributed by atoms with van der Waals surface area (Å²) in [7, 11) is 0. The number of anilines is 1. The summed E-state index contributed by atoms with van der Waals surface area (Å²) in [5, 5.41) is 2.84. The Labute approximate surface area is 117 Å². The van der Waals surface area contributed by atoms with Crippen LogP contribution in [0.25, 0.3) is 0 Å². The van der Waals surface area contributed by atoms with Crippen LogP contribution in [-0.2, 0) is 4.79 Å². The topological polar surface area (TPSA) is 38.3 Å². The third-order valence-corrected chi connectivity index (χ3v) is 2.92. The van der Waals surface area contributed by atoms with Gasteiger partial charge in [-0.1, -0.05) is 22.9 Å². The maximum atomic E-state index is 11.8. The van der Waals surface area contributed by atoms with Crippen molar-refractivity contribution in [2.45, 2.75) is 44.5 Å². The minimum Gasteiger partial charge on any atom is -0.491 e. The SMILES string of the molecule is CC[C@@H](C)Oc1ccc(NC(=O)C(C)(C)Br)cc1. The lowest BCUT2D eigenvalue weighted by Gasteiger charge is -2.16. The smallest absolute Gasteiger partial charge is 0.240 e. The van der Waals surface area contributed by atoms with E-state index in [0.29, 0.717) is 0 Å². The highest BCUT2D eigenvalue weighted by molar-refractivity contribution is 9.10. The Bertz CT molecular complexity index is 395. The highest BCUT2D eigenvalue weighted by Gasteiger charge is 2.23. The van der Waals surface area contributed by atoms with Crippen molar-refractivity contribution in [2.24, 2.45) is 0 Å². The van der Waals surface area contributed by atoms with Gasteiger partial charge >= 0.3 is 0 Å². The number of benzene rings is 1. The molecule has 0 saturated heterocycles. The van der Waals surface area contributed by atoms with Crippen molar-refractivity contribution in [3.8, 4) is 5.75 Å². The summed E-state index contributed by atoms with van der Waals surface area (Å²) in [6, 6.07) is 7.41. The first-order chi connectivity index (χ1) is 8.32. The van der Waals surface area contributed by atoms with Gasteiger partial charge in [0, 0.05) is 5.69 Å². The fraction of sp³-hybridized carbons (Fsp3) is 0.500. The van der Waals surface area contributed by atoms with Crippen molar-refractivity contribution >= 4 is 27.5 Å². The van der Waals surface area contributed by atoms with Crippen molar-refractivity contribution in [1.82, 2.24) is 0 Å². The molecule has 0 aromatic heterocycles. The third kappa shape index (κ3) is 4.69. The minimum absolute atomic E-state index is 0.0712. The maximum absolute atomic E-state index is 11.8. The minimum atomic E-state index is -0.571. The van der Waals surface area contributed by atoms with Crippen LogP contribution in [0.5, 0.6) is 5.75 Å². The molecule has 1 aromatic carbocycles. The van der Waals surface area contributed by atoms with Crippen LogP contribution in [0.1, 0.15) is 34.1 Å². The zero-order valence-corrected chi connectivity index (χ0v) is 12.9. The Morgan fingerprint density at radius 1 is 1.39 bits per heavy atom. The van der Waals surface area contributed by atoms with E-state index in [2.05, 4.69) is 28.2 Å². The molecule has 0 aliphatic rings. The number of ether oxygens (including phenoxy) is 1. The molecule has 0 unspecified atom stereocenters. The number of carbonyl (C=O) groups is 1. The first kappa shape index (κ1) is 15.0. The molecular weight excluding hydrogens is 294 g/mol. The Morgan fingerprint density at radius 2 is 1.94 bits per heavy atom. The summed E-state index contributed by atoms with van der Waals surface area (Å²) in [6.07, 6.45) is 1.17. The molecule has 0 bridgehead atoms. The number of nitrogens with one attached hydrogen (secondary N) is 1. The quantitative estimate of drug-likeness (QED) is 0.835. The van der Waals surface area contributed by atoms with E-state index in [9.17, 15) is 4.79 Å². The van der Waals surface area contributed by atoms with E-state index in [1.165, 1.54) is 0 Å². The molecule has 100 valence electrons. The van der Waals surface area contributed by atoms with Crippen LogP contribution in [-0.4, -0.2) is 16.3 Å². The number of hydrogen-bond acceptors (Lipinski definition) is 2. The van der Waals surface area contributed by atoms with E-state index < -0.39 is 4.32 Å². The maximum Gasteiger partial charge on any atom is 0.240 e. The van der Waals surface area contributed by atoms with Crippen molar-refractivity contribution in [1.29, 1.82) is 0 Å². The number of amides is 1. The Hall–Kier alpha value is -1.03. The number of alkyl halides is 1. The lowest BCUT2D eigenvalue weighted by Crippen LogP contribution is -2.30. The molecule has 0 saturated carbocycles. The van der Waals surface area contributed by atoms with Gasteiger partial charge in [-0.2, -0.15) is 0 Å². The van der Waals surface area contributed by atoms with Gasteiger partial charge in [-0.25, -0.2) is 0 Å². The monoisotopic (exact) mass is 313 g/mol. The molecule has 1 atom stereocenters. The molecule has 1 amide bonds. The molecule has 0 radical (unpaired) electrons. The lowest BCUT2D eigenvalue weighted by molar-refractivity contribution is -0.117. The predicted octanol–water partition coefficient (Wildman–Crippen LogP) is 3.98. The van der Waals surface area contributed by atoms with E-state index in [-0.39, 0.29) is 12.0 Å². The average Bonchev–Trinajstić information content (AvgIpc) is 2.30. The highest BCUT2D eigenvalue weighted by atomic mass is 79.9. The van der Waals surface area contributed by atoms with Crippen LogP contribution in [0.3, 0.4) is 0 Å². The summed E-state index contributed by atoms with van der Waals surface area (Å²) < 4.78 is 5.10. The molecule has 0 aliphatic heterocycles. The van der Waals surface area contributed by atoms with Crippen LogP contribution in [0.4, 0.5) is 5.69 Å². The predicted molar refractivity (Wildman–Crippen MR) is 78.5 cm³/mol. The summed E-state index contributed by atoms with van der Waals surface area (Å²) in [5.41, 5.74) is 0.768. The fourth-order valence-corrected chi connectivity index (χ4v) is 1.31. The van der Waals surface area contributed by atoms with E-state index in [1.54, 1.807) is 0 Å². The number of hydrogen-bond donors (Lipinski definition) is 1. The van der Waals surface area contributed by atoms with Crippen molar-refractivity contribution in [2.75, 3.05) is 5.32 Å². The molecule has 0 aliphatic carbocycles. The van der Waals surface area contributed by atoms with Crippen LogP contribution in [0.15, 0.2) is 24.3 Å². The highest BCUT2D eigenvalue weighted by Crippen LogP contribution is 2.21. The van der Waals surface area contributed by atoms with E-state index >= 15 is 0 Å². The second kappa shape index (κ2) is 6.23. The molecule has 0 fully saturated rings.